The van der Waals surface area contributed by atoms with Crippen LogP contribution in [0.4, 0.5) is 0 Å². The van der Waals surface area contributed by atoms with E-state index in [0.717, 1.165) is 30.4 Å². The molecule has 0 aliphatic rings. The summed E-state index contributed by atoms with van der Waals surface area (Å²) < 4.78 is 4.72. The van der Waals surface area contributed by atoms with E-state index >= 15 is 0 Å². The number of hydrogen-bond acceptors (Lipinski definition) is 22. The third-order valence-corrected chi connectivity index (χ3v) is 6.88. The zero-order chi connectivity index (χ0) is 67.9. The lowest BCUT2D eigenvalue weighted by molar-refractivity contribution is -0.147. The maximum absolute atomic E-state index is 11.0. The van der Waals surface area contributed by atoms with Crippen LogP contribution in [0.15, 0.2) is 124 Å². The highest BCUT2D eigenvalue weighted by Gasteiger charge is 2.30. The van der Waals surface area contributed by atoms with Crippen molar-refractivity contribution in [2.45, 2.75) is 34.6 Å². The summed E-state index contributed by atoms with van der Waals surface area (Å²) in [5, 5.41) is 164. The number of aliphatic hydroxyl groups excluding tert-OH is 11. The van der Waals surface area contributed by atoms with Crippen molar-refractivity contribution in [3.05, 3.63) is 124 Å². The van der Waals surface area contributed by atoms with E-state index in [4.69, 9.17) is 107 Å². The Morgan fingerprint density at radius 2 is 0.407 bits per heavy atom. The summed E-state index contributed by atoms with van der Waals surface area (Å²) in [4.78, 5) is 95.6. The van der Waals surface area contributed by atoms with Crippen molar-refractivity contribution in [1.29, 1.82) is 0 Å². The second-order valence-electron chi connectivity index (χ2n) is 14.6. The van der Waals surface area contributed by atoms with Gasteiger partial charge in [0.15, 0.2) is 0 Å². The van der Waals surface area contributed by atoms with Gasteiger partial charge in [0.05, 0.1) is 88.9 Å². The molecule has 0 saturated heterocycles. The SMILES string of the molecule is C=C(C)C(=O)O.C=C(C)C(=O)O.C=C(C)C(=O)O.C=C(C)C(=O)O.C=C(C)C(=O)OCC(CO)(CO)CO.C=CC(=O)O.C=CC(=O)O.C=CC(=O)O.C=CC(=O)O.C=CC(=O)O.OCC(CO)(CO)CO.OCC(CO)(CO)CO. The van der Waals surface area contributed by atoms with Gasteiger partial charge in [-0.05, 0) is 34.6 Å². The fourth-order valence-corrected chi connectivity index (χ4v) is 1.23. The predicted octanol–water partition coefficient (Wildman–Crippen LogP) is -1.17. The monoisotopic (exact) mass is 1180 g/mol. The molecule has 0 aliphatic carbocycles. The average molecular weight is 1180 g/mol. The van der Waals surface area contributed by atoms with Crippen LogP contribution in [0, 0.1) is 16.2 Å². The molecule has 0 saturated carbocycles. The van der Waals surface area contributed by atoms with Crippen molar-refractivity contribution in [3.8, 4) is 0 Å². The Balaban J connectivity index is -0.0000000653. The van der Waals surface area contributed by atoms with E-state index in [0.29, 0.717) is 0 Å². The molecule has 0 rings (SSSR count). The van der Waals surface area contributed by atoms with Crippen LogP contribution in [0.2, 0.25) is 0 Å². The quantitative estimate of drug-likeness (QED) is 0.0423. The van der Waals surface area contributed by atoms with E-state index in [9.17, 15) is 47.9 Å². The van der Waals surface area contributed by atoms with Crippen LogP contribution in [-0.2, 0) is 52.7 Å². The molecule has 0 aromatic heterocycles. The average Bonchev–Trinajstić information content (AvgIpc) is 3.42. The molecule has 470 valence electrons. The number of ether oxygens (including phenoxy) is 1. The summed E-state index contributed by atoms with van der Waals surface area (Å²) in [5.74, 6) is -9.25. The van der Waals surface area contributed by atoms with Gasteiger partial charge in [-0.25, -0.2) is 47.9 Å². The van der Waals surface area contributed by atoms with Crippen LogP contribution in [0.3, 0.4) is 0 Å². The number of carbonyl (C=O) groups is 10. The first-order chi connectivity index (χ1) is 36.9. The molecular formula is C50H84O31. The largest absolute Gasteiger partial charge is 0.478 e. The molecule has 0 unspecified atom stereocenters. The van der Waals surface area contributed by atoms with Crippen molar-refractivity contribution >= 4 is 59.7 Å². The van der Waals surface area contributed by atoms with Crippen molar-refractivity contribution in [2.75, 3.05) is 79.3 Å². The van der Waals surface area contributed by atoms with Crippen LogP contribution in [0.25, 0.3) is 0 Å². The highest BCUT2D eigenvalue weighted by atomic mass is 16.5. The van der Waals surface area contributed by atoms with E-state index in [2.05, 4.69) is 65.8 Å². The summed E-state index contributed by atoms with van der Waals surface area (Å²) in [6.45, 7) is 33.2. The molecule has 0 aromatic rings. The third kappa shape index (κ3) is 94.5. The van der Waals surface area contributed by atoms with Gasteiger partial charge in [-0.2, -0.15) is 0 Å². The van der Waals surface area contributed by atoms with Crippen molar-refractivity contribution in [2.24, 2.45) is 16.2 Å². The number of carbonyl (C=O) groups excluding carboxylic acids is 1. The van der Waals surface area contributed by atoms with Gasteiger partial charge in [-0.1, -0.05) is 65.8 Å². The van der Waals surface area contributed by atoms with E-state index < -0.39 is 149 Å². The van der Waals surface area contributed by atoms with Gasteiger partial charge in [-0.3, -0.25) is 0 Å². The Morgan fingerprint density at radius 3 is 0.457 bits per heavy atom. The van der Waals surface area contributed by atoms with Gasteiger partial charge in [0.2, 0.25) is 0 Å². The Morgan fingerprint density at radius 1 is 0.296 bits per heavy atom. The molecular weight excluding hydrogens is 1100 g/mol. The molecule has 31 nitrogen and oxygen atoms in total. The predicted molar refractivity (Wildman–Crippen MR) is 290 cm³/mol. The lowest BCUT2D eigenvalue weighted by Gasteiger charge is -2.26. The zero-order valence-corrected chi connectivity index (χ0v) is 45.9. The van der Waals surface area contributed by atoms with Crippen molar-refractivity contribution in [3.63, 3.8) is 0 Å². The molecule has 0 spiro atoms. The Bertz CT molecular complexity index is 1610. The summed E-state index contributed by atoms with van der Waals surface area (Å²) in [6, 6.07) is 0. The molecule has 0 heterocycles. The summed E-state index contributed by atoms with van der Waals surface area (Å²) >= 11 is 0. The minimum atomic E-state index is -1.18. The highest BCUT2D eigenvalue weighted by molar-refractivity contribution is 5.87. The Kier molecular flexibility index (Phi) is 84.8. The summed E-state index contributed by atoms with van der Waals surface area (Å²) in [7, 11) is 0. The number of carboxylic acids is 9. The number of aliphatic carboxylic acids is 9. The number of esters is 1. The number of aliphatic hydroxyl groups is 11. The van der Waals surface area contributed by atoms with Gasteiger partial charge in [-0.15, -0.1) is 0 Å². The molecule has 0 amide bonds. The fourth-order valence-electron chi connectivity index (χ4n) is 1.23. The number of rotatable bonds is 23. The fraction of sp³-hybridized carbons (Fsp3) is 0.400. The zero-order valence-electron chi connectivity index (χ0n) is 45.9. The Hall–Kier alpha value is -8.34. The van der Waals surface area contributed by atoms with Crippen LogP contribution in [0.5, 0.6) is 0 Å². The number of hydrogen-bond donors (Lipinski definition) is 20. The van der Waals surface area contributed by atoms with Crippen molar-refractivity contribution < 1.29 is 155 Å². The van der Waals surface area contributed by atoms with E-state index in [1.807, 2.05) is 0 Å². The molecule has 20 N–H and O–H groups in total. The molecule has 0 aromatic carbocycles. The molecule has 0 bridgehead atoms. The normalized spacial score (nSPS) is 8.79. The van der Waals surface area contributed by atoms with E-state index in [1.54, 1.807) is 0 Å². The van der Waals surface area contributed by atoms with Crippen molar-refractivity contribution in [1.82, 2.24) is 0 Å². The van der Waals surface area contributed by atoms with Crippen LogP contribution >= 0.6 is 0 Å². The van der Waals surface area contributed by atoms with Crippen LogP contribution in [0.1, 0.15) is 34.6 Å². The minimum absolute atomic E-state index is 0.176. The minimum Gasteiger partial charge on any atom is -0.478 e. The molecule has 0 aliphatic heterocycles. The summed E-state index contributed by atoms with van der Waals surface area (Å²) in [5.41, 5.74) is -2.46. The molecule has 0 radical (unpaired) electrons. The lowest BCUT2D eigenvalue weighted by atomic mass is 9.93. The Labute approximate surface area is 467 Å². The van der Waals surface area contributed by atoms with Gasteiger partial charge in [0.1, 0.15) is 6.61 Å². The second kappa shape index (κ2) is 67.8. The van der Waals surface area contributed by atoms with Gasteiger partial charge >= 0.3 is 59.7 Å². The third-order valence-electron chi connectivity index (χ3n) is 6.88. The maximum atomic E-state index is 11.0. The lowest BCUT2D eigenvalue weighted by Crippen LogP contribution is -2.39. The maximum Gasteiger partial charge on any atom is 0.333 e. The summed E-state index contributed by atoms with van der Waals surface area (Å²) in [6.07, 6.45) is 4.17. The van der Waals surface area contributed by atoms with Gasteiger partial charge < -0.3 is 107 Å². The second-order valence-corrected chi connectivity index (χ2v) is 14.6. The highest BCUT2D eigenvalue weighted by Crippen LogP contribution is 2.16. The topological polar surface area (TPSA) is 585 Å². The standard InChI is InChI=1S/C9H16O5.2C5H12O4.4C4H6O2.5C3H4O2/c1-7(2)8(13)14-6-9(3-10,4-11)5-12;2*6-1-5(2-7,3-8)4-9;4*1-3(2)4(5)6;5*1-2-3(4)5/h10-12H,1,3-6H2,2H3;2*6-9H,1-4H2;4*1H2,2H3,(H,5,6);5*2H,1H2,(H,4,5). The van der Waals surface area contributed by atoms with Gasteiger partial charge in [0.25, 0.3) is 0 Å². The van der Waals surface area contributed by atoms with E-state index in [1.165, 1.54) is 34.6 Å². The molecule has 0 fully saturated rings. The molecule has 31 heteroatoms. The van der Waals surface area contributed by atoms with Crippen LogP contribution < -0.4 is 0 Å². The first kappa shape index (κ1) is 101. The first-order valence-corrected chi connectivity index (χ1v) is 21.3. The molecule has 81 heavy (non-hydrogen) atoms. The first-order valence-electron chi connectivity index (χ1n) is 21.3. The van der Waals surface area contributed by atoms with Crippen LogP contribution in [-0.4, -0.2) is 241 Å². The van der Waals surface area contributed by atoms with Gasteiger partial charge in [0, 0.05) is 58.2 Å². The smallest absolute Gasteiger partial charge is 0.333 e. The van der Waals surface area contributed by atoms with E-state index in [-0.39, 0.29) is 34.5 Å². The molecule has 0 atom stereocenters. The number of carboxylic acid groups (broad SMARTS) is 9.